The molecule has 0 amide bonds. The fraction of sp³-hybridized carbons (Fsp3) is 0.667. The summed E-state index contributed by atoms with van der Waals surface area (Å²) in [5.74, 6) is -0.144. The summed E-state index contributed by atoms with van der Waals surface area (Å²) in [7, 11) is 0. The van der Waals surface area contributed by atoms with Gasteiger partial charge in [-0.1, -0.05) is 19.1 Å². The molecule has 68 valence electrons. The molecule has 3 heteroatoms. The van der Waals surface area contributed by atoms with Crippen molar-refractivity contribution in [2.24, 2.45) is 0 Å². The number of rotatable bonds is 3. The van der Waals surface area contributed by atoms with E-state index in [9.17, 15) is 4.79 Å². The van der Waals surface area contributed by atoms with Gasteiger partial charge in [-0.25, -0.2) is 0 Å². The van der Waals surface area contributed by atoms with Crippen molar-refractivity contribution in [3.63, 3.8) is 0 Å². The first-order chi connectivity index (χ1) is 5.84. The molecule has 0 spiro atoms. The van der Waals surface area contributed by atoms with Crippen LogP contribution in [0, 0.1) is 0 Å². The van der Waals surface area contributed by atoms with Gasteiger partial charge >= 0.3 is 5.97 Å². The van der Waals surface area contributed by atoms with Gasteiger partial charge in [0.05, 0.1) is 0 Å². The molecule has 1 saturated heterocycles. The molecule has 0 radical (unpaired) electrons. The lowest BCUT2D eigenvalue weighted by Crippen LogP contribution is -2.41. The molecule has 0 aromatic heterocycles. The van der Waals surface area contributed by atoms with E-state index in [2.05, 4.69) is 11.9 Å². The molecule has 1 aliphatic heterocycles. The number of hydrogen-bond donors (Lipinski definition) is 1. The maximum Gasteiger partial charge on any atom is 0.323 e. The molecule has 0 aromatic carbocycles. The number of esters is 1. The average molecular weight is 169 g/mol. The second-order valence-electron chi connectivity index (χ2n) is 2.92. The minimum absolute atomic E-state index is 0.0845. The molecule has 1 atom stereocenters. The van der Waals surface area contributed by atoms with Gasteiger partial charge in [-0.3, -0.25) is 4.79 Å². The quantitative estimate of drug-likeness (QED) is 0.503. The van der Waals surface area contributed by atoms with Crippen LogP contribution in [0.4, 0.5) is 0 Å². The van der Waals surface area contributed by atoms with E-state index in [-0.39, 0.29) is 12.0 Å². The van der Waals surface area contributed by atoms with Crippen LogP contribution < -0.4 is 5.32 Å². The smallest absolute Gasteiger partial charge is 0.323 e. The third kappa shape index (κ3) is 2.66. The highest BCUT2D eigenvalue weighted by Gasteiger charge is 2.20. The molecular formula is C9H15NO2. The predicted octanol–water partition coefficient (Wildman–Crippen LogP) is 0.858. The van der Waals surface area contributed by atoms with Crippen LogP contribution in [-0.2, 0) is 9.53 Å². The molecule has 1 unspecified atom stereocenters. The standard InChI is InChI=1S/C9H15NO2/c1-2-7-12-9(11)8-5-3-4-6-10-8/h2,8,10H,1,3-7H2. The maximum absolute atomic E-state index is 11.2. The SMILES string of the molecule is C=CCOC(=O)C1CCCCN1. The molecule has 1 N–H and O–H groups in total. The number of ether oxygens (including phenoxy) is 1. The second kappa shape index (κ2) is 4.93. The highest BCUT2D eigenvalue weighted by atomic mass is 16.5. The highest BCUT2D eigenvalue weighted by Crippen LogP contribution is 2.07. The summed E-state index contributed by atoms with van der Waals surface area (Å²) in [5.41, 5.74) is 0. The van der Waals surface area contributed by atoms with Crippen LogP contribution in [0.5, 0.6) is 0 Å². The van der Waals surface area contributed by atoms with Crippen molar-refractivity contribution in [1.29, 1.82) is 0 Å². The monoisotopic (exact) mass is 169 g/mol. The molecule has 3 nitrogen and oxygen atoms in total. The zero-order chi connectivity index (χ0) is 8.81. The molecule has 0 saturated carbocycles. The first-order valence-electron chi connectivity index (χ1n) is 4.35. The molecule has 0 aliphatic carbocycles. The van der Waals surface area contributed by atoms with Crippen LogP contribution in [0.15, 0.2) is 12.7 Å². The van der Waals surface area contributed by atoms with Crippen molar-refractivity contribution >= 4 is 5.97 Å². The van der Waals surface area contributed by atoms with Gasteiger partial charge < -0.3 is 10.1 Å². The molecule has 12 heavy (non-hydrogen) atoms. The van der Waals surface area contributed by atoms with Crippen molar-refractivity contribution < 1.29 is 9.53 Å². The van der Waals surface area contributed by atoms with Crippen molar-refractivity contribution in [3.8, 4) is 0 Å². The Bertz CT molecular complexity index is 162. The van der Waals surface area contributed by atoms with Crippen LogP contribution >= 0.6 is 0 Å². The Balaban J connectivity index is 2.24. The van der Waals surface area contributed by atoms with E-state index in [0.717, 1.165) is 25.8 Å². The summed E-state index contributed by atoms with van der Waals surface area (Å²) < 4.78 is 4.91. The van der Waals surface area contributed by atoms with Gasteiger partial charge in [0.1, 0.15) is 12.6 Å². The molecule has 1 fully saturated rings. The van der Waals surface area contributed by atoms with Crippen LogP contribution in [0.1, 0.15) is 19.3 Å². The predicted molar refractivity (Wildman–Crippen MR) is 46.8 cm³/mol. The second-order valence-corrected chi connectivity index (χ2v) is 2.92. The Morgan fingerprint density at radius 1 is 1.67 bits per heavy atom. The van der Waals surface area contributed by atoms with Crippen molar-refractivity contribution in [2.75, 3.05) is 13.2 Å². The Morgan fingerprint density at radius 3 is 3.08 bits per heavy atom. The number of nitrogens with one attached hydrogen (secondary N) is 1. The minimum Gasteiger partial charge on any atom is -0.460 e. The normalized spacial score (nSPS) is 23.2. The summed E-state index contributed by atoms with van der Waals surface area (Å²) in [6, 6.07) is -0.0845. The van der Waals surface area contributed by atoms with Crippen molar-refractivity contribution in [2.45, 2.75) is 25.3 Å². The van der Waals surface area contributed by atoms with Gasteiger partial charge in [-0.2, -0.15) is 0 Å². The minimum atomic E-state index is -0.144. The lowest BCUT2D eigenvalue weighted by atomic mass is 10.1. The van der Waals surface area contributed by atoms with E-state index < -0.39 is 0 Å². The summed E-state index contributed by atoms with van der Waals surface area (Å²) in [6.07, 6.45) is 4.75. The number of piperidine rings is 1. The van der Waals surface area contributed by atoms with Gasteiger partial charge in [0.25, 0.3) is 0 Å². The van der Waals surface area contributed by atoms with E-state index >= 15 is 0 Å². The molecule has 1 heterocycles. The summed E-state index contributed by atoms with van der Waals surface area (Å²) in [6.45, 7) is 4.72. The van der Waals surface area contributed by atoms with Gasteiger partial charge in [0, 0.05) is 0 Å². The third-order valence-corrected chi connectivity index (χ3v) is 1.94. The Labute approximate surface area is 72.8 Å². The summed E-state index contributed by atoms with van der Waals surface area (Å²) >= 11 is 0. The van der Waals surface area contributed by atoms with E-state index in [1.807, 2.05) is 0 Å². The number of carbonyl (C=O) groups is 1. The third-order valence-electron chi connectivity index (χ3n) is 1.94. The van der Waals surface area contributed by atoms with Crippen LogP contribution in [0.2, 0.25) is 0 Å². The number of carbonyl (C=O) groups excluding carboxylic acids is 1. The van der Waals surface area contributed by atoms with Gasteiger partial charge in [-0.15, -0.1) is 0 Å². The van der Waals surface area contributed by atoms with Crippen LogP contribution in [-0.4, -0.2) is 25.2 Å². The molecule has 1 aliphatic rings. The van der Waals surface area contributed by atoms with E-state index in [4.69, 9.17) is 4.74 Å². The van der Waals surface area contributed by atoms with Gasteiger partial charge in [-0.05, 0) is 19.4 Å². The fourth-order valence-electron chi connectivity index (χ4n) is 1.29. The van der Waals surface area contributed by atoms with E-state index in [1.165, 1.54) is 0 Å². The Morgan fingerprint density at radius 2 is 2.50 bits per heavy atom. The maximum atomic E-state index is 11.2. The zero-order valence-corrected chi connectivity index (χ0v) is 7.21. The van der Waals surface area contributed by atoms with Gasteiger partial charge in [0.2, 0.25) is 0 Å². The average Bonchev–Trinajstić information content (AvgIpc) is 2.15. The first-order valence-corrected chi connectivity index (χ1v) is 4.35. The van der Waals surface area contributed by atoms with Crippen LogP contribution in [0.25, 0.3) is 0 Å². The lowest BCUT2D eigenvalue weighted by molar-refractivity contribution is -0.145. The first kappa shape index (κ1) is 9.26. The van der Waals surface area contributed by atoms with Gasteiger partial charge in [0.15, 0.2) is 0 Å². The lowest BCUT2D eigenvalue weighted by Gasteiger charge is -2.21. The Kier molecular flexibility index (Phi) is 3.80. The van der Waals surface area contributed by atoms with Crippen molar-refractivity contribution in [3.05, 3.63) is 12.7 Å². The van der Waals surface area contributed by atoms with Crippen LogP contribution in [0.3, 0.4) is 0 Å². The zero-order valence-electron chi connectivity index (χ0n) is 7.21. The molecule has 0 aromatic rings. The largest absolute Gasteiger partial charge is 0.460 e. The summed E-state index contributed by atoms with van der Waals surface area (Å²) in [4.78, 5) is 11.2. The summed E-state index contributed by atoms with van der Waals surface area (Å²) in [5, 5.41) is 3.12. The van der Waals surface area contributed by atoms with E-state index in [0.29, 0.717) is 6.61 Å². The molecule has 0 bridgehead atoms. The topological polar surface area (TPSA) is 38.3 Å². The van der Waals surface area contributed by atoms with Crippen molar-refractivity contribution in [1.82, 2.24) is 5.32 Å². The Hall–Kier alpha value is -0.830. The molecular weight excluding hydrogens is 154 g/mol. The van der Waals surface area contributed by atoms with E-state index in [1.54, 1.807) is 6.08 Å². The fourth-order valence-corrected chi connectivity index (χ4v) is 1.29. The number of hydrogen-bond acceptors (Lipinski definition) is 3. The molecule has 1 rings (SSSR count). The highest BCUT2D eigenvalue weighted by molar-refractivity contribution is 5.75.